The van der Waals surface area contributed by atoms with Crippen molar-refractivity contribution in [2.45, 2.75) is 13.0 Å². The molecule has 0 unspecified atom stereocenters. The maximum absolute atomic E-state index is 12.0. The summed E-state index contributed by atoms with van der Waals surface area (Å²) in [6, 6.07) is 5.73. The maximum Gasteiger partial charge on any atom is 0.251 e. The van der Waals surface area contributed by atoms with Crippen LogP contribution in [0.4, 0.5) is 5.69 Å². The number of rotatable bonds is 3. The molecule has 0 atom stereocenters. The van der Waals surface area contributed by atoms with Crippen LogP contribution in [0.2, 0.25) is 0 Å². The van der Waals surface area contributed by atoms with Gasteiger partial charge in [-0.25, -0.2) is 4.98 Å². The number of hydrogen-bond acceptors (Lipinski definition) is 4. The molecule has 0 spiro atoms. The van der Waals surface area contributed by atoms with Gasteiger partial charge in [-0.1, -0.05) is 0 Å². The fourth-order valence-electron chi connectivity index (χ4n) is 2.17. The number of aromatic nitrogens is 3. The van der Waals surface area contributed by atoms with Crippen molar-refractivity contribution < 1.29 is 4.79 Å². The van der Waals surface area contributed by atoms with Crippen LogP contribution in [0.5, 0.6) is 0 Å². The third kappa shape index (κ3) is 2.42. The number of hydrogen-bond donors (Lipinski definition) is 2. The molecular weight excluding hydrogens is 242 g/mol. The maximum atomic E-state index is 12.0. The van der Waals surface area contributed by atoms with Crippen molar-refractivity contribution in [2.24, 2.45) is 7.05 Å². The number of fused-ring (bicyclic) bond motifs is 1. The Hall–Kier alpha value is -2.37. The molecule has 1 aliphatic heterocycles. The molecule has 98 valence electrons. The van der Waals surface area contributed by atoms with Gasteiger partial charge in [0.15, 0.2) is 5.82 Å². The molecule has 6 nitrogen and oxygen atoms in total. The monoisotopic (exact) mass is 257 g/mol. The first-order chi connectivity index (χ1) is 9.22. The molecule has 0 fully saturated rings. The summed E-state index contributed by atoms with van der Waals surface area (Å²) in [5, 5.41) is 10.2. The number of amides is 1. The van der Waals surface area contributed by atoms with E-state index in [1.54, 1.807) is 18.1 Å². The number of nitrogens with one attached hydrogen (secondary N) is 2. The zero-order valence-corrected chi connectivity index (χ0v) is 10.7. The highest BCUT2D eigenvalue weighted by atomic mass is 16.1. The van der Waals surface area contributed by atoms with Crippen molar-refractivity contribution >= 4 is 11.6 Å². The molecule has 2 aromatic rings. The van der Waals surface area contributed by atoms with E-state index >= 15 is 0 Å². The Labute approximate surface area is 110 Å². The van der Waals surface area contributed by atoms with E-state index in [4.69, 9.17) is 0 Å². The molecule has 6 heteroatoms. The smallest absolute Gasteiger partial charge is 0.251 e. The van der Waals surface area contributed by atoms with Crippen molar-refractivity contribution in [3.8, 4) is 0 Å². The zero-order chi connectivity index (χ0) is 13.2. The summed E-state index contributed by atoms with van der Waals surface area (Å²) in [6.45, 7) is 1.28. The molecule has 1 aliphatic rings. The Morgan fingerprint density at radius 2 is 2.42 bits per heavy atom. The number of carbonyl (C=O) groups excluding carboxylic acids is 1. The molecule has 0 radical (unpaired) electrons. The van der Waals surface area contributed by atoms with Gasteiger partial charge < -0.3 is 10.6 Å². The van der Waals surface area contributed by atoms with Crippen LogP contribution in [0.3, 0.4) is 0 Å². The Bertz CT molecular complexity index is 619. The van der Waals surface area contributed by atoms with Crippen molar-refractivity contribution in [1.82, 2.24) is 20.1 Å². The molecule has 0 aliphatic carbocycles. The quantitative estimate of drug-likeness (QED) is 0.849. The van der Waals surface area contributed by atoms with Crippen LogP contribution in [0, 0.1) is 0 Å². The van der Waals surface area contributed by atoms with Gasteiger partial charge in [0, 0.05) is 24.8 Å². The van der Waals surface area contributed by atoms with E-state index in [0.29, 0.717) is 17.9 Å². The summed E-state index contributed by atoms with van der Waals surface area (Å²) >= 11 is 0. The van der Waals surface area contributed by atoms with Crippen molar-refractivity contribution in [3.63, 3.8) is 0 Å². The predicted molar refractivity (Wildman–Crippen MR) is 70.8 cm³/mol. The average molecular weight is 257 g/mol. The molecule has 3 rings (SSSR count). The second-order valence-corrected chi connectivity index (χ2v) is 4.57. The third-order valence-corrected chi connectivity index (χ3v) is 3.13. The zero-order valence-electron chi connectivity index (χ0n) is 10.7. The first kappa shape index (κ1) is 11.7. The lowest BCUT2D eigenvalue weighted by Gasteiger charge is -2.05. The molecule has 2 N–H and O–H groups in total. The van der Waals surface area contributed by atoms with Crippen molar-refractivity contribution in [1.29, 1.82) is 0 Å². The lowest BCUT2D eigenvalue weighted by molar-refractivity contribution is 0.0950. The average Bonchev–Trinajstić information content (AvgIpc) is 3.03. The number of carbonyl (C=O) groups is 1. The summed E-state index contributed by atoms with van der Waals surface area (Å²) in [5.74, 6) is 0.515. The van der Waals surface area contributed by atoms with E-state index in [0.717, 1.165) is 18.7 Å². The molecule has 0 saturated heterocycles. The topological polar surface area (TPSA) is 71.8 Å². The minimum atomic E-state index is -0.0952. The van der Waals surface area contributed by atoms with Crippen LogP contribution in [-0.2, 0) is 20.0 Å². The minimum Gasteiger partial charge on any atom is -0.384 e. The van der Waals surface area contributed by atoms with Crippen LogP contribution in [0.15, 0.2) is 24.5 Å². The number of benzene rings is 1. The van der Waals surface area contributed by atoms with E-state index < -0.39 is 0 Å². The number of anilines is 1. The van der Waals surface area contributed by atoms with Gasteiger partial charge in [0.2, 0.25) is 0 Å². The van der Waals surface area contributed by atoms with Gasteiger partial charge in [-0.3, -0.25) is 9.48 Å². The van der Waals surface area contributed by atoms with Gasteiger partial charge in [0.1, 0.15) is 6.33 Å². The third-order valence-electron chi connectivity index (χ3n) is 3.13. The fourth-order valence-corrected chi connectivity index (χ4v) is 2.17. The van der Waals surface area contributed by atoms with Gasteiger partial charge in [-0.2, -0.15) is 5.10 Å². The van der Waals surface area contributed by atoms with Crippen molar-refractivity contribution in [3.05, 3.63) is 41.5 Å². The van der Waals surface area contributed by atoms with Gasteiger partial charge in [-0.15, -0.1) is 0 Å². The number of aryl methyl sites for hydroxylation is 1. The van der Waals surface area contributed by atoms with Crippen LogP contribution >= 0.6 is 0 Å². The van der Waals surface area contributed by atoms with E-state index in [1.807, 2.05) is 18.2 Å². The second-order valence-electron chi connectivity index (χ2n) is 4.57. The minimum absolute atomic E-state index is 0.0952. The van der Waals surface area contributed by atoms with Crippen LogP contribution in [-0.4, -0.2) is 27.2 Å². The number of nitrogens with zero attached hydrogens (tertiary/aromatic N) is 3. The van der Waals surface area contributed by atoms with Gasteiger partial charge in [0.05, 0.1) is 6.54 Å². The Balaban J connectivity index is 1.67. The second kappa shape index (κ2) is 4.72. The van der Waals surface area contributed by atoms with Gasteiger partial charge in [0.25, 0.3) is 5.91 Å². The molecule has 1 aromatic carbocycles. The van der Waals surface area contributed by atoms with Crippen molar-refractivity contribution in [2.75, 3.05) is 11.9 Å². The molecule has 1 aromatic heterocycles. The lowest BCUT2D eigenvalue weighted by Crippen LogP contribution is -2.23. The summed E-state index contributed by atoms with van der Waals surface area (Å²) in [7, 11) is 1.80. The highest BCUT2D eigenvalue weighted by Gasteiger charge is 2.13. The van der Waals surface area contributed by atoms with E-state index in [1.165, 1.54) is 5.56 Å². The Morgan fingerprint density at radius 3 is 3.21 bits per heavy atom. The Morgan fingerprint density at radius 1 is 1.53 bits per heavy atom. The molecule has 2 heterocycles. The lowest BCUT2D eigenvalue weighted by atomic mass is 10.1. The fraction of sp³-hybridized carbons (Fsp3) is 0.308. The van der Waals surface area contributed by atoms with E-state index in [9.17, 15) is 4.79 Å². The van der Waals surface area contributed by atoms with Crippen LogP contribution < -0.4 is 10.6 Å². The summed E-state index contributed by atoms with van der Waals surface area (Å²) < 4.78 is 1.61. The summed E-state index contributed by atoms with van der Waals surface area (Å²) in [4.78, 5) is 16.1. The normalized spacial score (nSPS) is 12.9. The van der Waals surface area contributed by atoms with Crippen LogP contribution in [0.1, 0.15) is 21.7 Å². The molecule has 0 bridgehead atoms. The predicted octanol–water partition coefficient (Wildman–Crippen LogP) is 0.713. The van der Waals surface area contributed by atoms with Gasteiger partial charge >= 0.3 is 0 Å². The van der Waals surface area contributed by atoms with Gasteiger partial charge in [-0.05, 0) is 30.2 Å². The first-order valence-corrected chi connectivity index (χ1v) is 6.22. The summed E-state index contributed by atoms with van der Waals surface area (Å²) in [5.41, 5.74) is 3.00. The first-order valence-electron chi connectivity index (χ1n) is 6.22. The van der Waals surface area contributed by atoms with E-state index in [2.05, 4.69) is 20.7 Å². The SMILES string of the molecule is Cn1cnc(CNC(=O)c2ccc3c(c2)CCN3)n1. The highest BCUT2D eigenvalue weighted by molar-refractivity contribution is 5.94. The molecular formula is C13H15N5O. The standard InChI is InChI=1S/C13H15N5O/c1-18-8-16-12(17-18)7-15-13(19)10-2-3-11-9(6-10)4-5-14-11/h2-3,6,8,14H,4-5,7H2,1H3,(H,15,19). The Kier molecular flexibility index (Phi) is 2.91. The molecule has 19 heavy (non-hydrogen) atoms. The molecule has 0 saturated carbocycles. The largest absolute Gasteiger partial charge is 0.384 e. The summed E-state index contributed by atoms with van der Waals surface area (Å²) in [6.07, 6.45) is 2.58. The van der Waals surface area contributed by atoms with Crippen LogP contribution in [0.25, 0.3) is 0 Å². The molecule has 1 amide bonds. The highest BCUT2D eigenvalue weighted by Crippen LogP contribution is 2.22. The van der Waals surface area contributed by atoms with E-state index in [-0.39, 0.29) is 5.91 Å².